The number of carbonyl (C=O) groups excluding carboxylic acids is 1. The van der Waals surface area contributed by atoms with Gasteiger partial charge >= 0.3 is 5.97 Å². The van der Waals surface area contributed by atoms with Gasteiger partial charge < -0.3 is 25.3 Å². The van der Waals surface area contributed by atoms with Crippen LogP contribution in [0.5, 0.6) is 0 Å². The highest BCUT2D eigenvalue weighted by Crippen LogP contribution is 2.25. The monoisotopic (exact) mass is 581 g/mol. The highest BCUT2D eigenvalue weighted by Gasteiger charge is 2.16. The van der Waals surface area contributed by atoms with Crippen LogP contribution < -0.4 is 11.1 Å². The molecule has 0 spiro atoms. The van der Waals surface area contributed by atoms with Crippen molar-refractivity contribution in [2.24, 2.45) is 5.73 Å². The van der Waals surface area contributed by atoms with Gasteiger partial charge in [0, 0.05) is 24.2 Å². The first-order valence-corrected chi connectivity index (χ1v) is 12.7. The molecule has 0 amide bonds. The Morgan fingerprint density at radius 2 is 1.82 bits per heavy atom. The standard InChI is InChI=1S/C29H31N7O2.2ClH/c1-3-38-27(37)15-14-26-34-22-6-4-5-7-24(22)36(26)17-20-10-13-23-28(18(20)2)35-25(33-23)16-32-21-11-8-19(9-12-21)29(30)31;;/h4-13,32H,3,14-17H2,1-2H3,(H3,30,31)(H,33,35);2*1H. The number of H-pyrrole nitrogens is 1. The molecule has 0 aliphatic heterocycles. The van der Waals surface area contributed by atoms with E-state index in [0.717, 1.165) is 50.5 Å². The van der Waals surface area contributed by atoms with Gasteiger partial charge in [-0.1, -0.05) is 18.2 Å². The summed E-state index contributed by atoms with van der Waals surface area (Å²) in [5.41, 5.74) is 13.3. The van der Waals surface area contributed by atoms with E-state index in [1.807, 2.05) is 49.4 Å². The highest BCUT2D eigenvalue weighted by atomic mass is 35.5. The predicted octanol–water partition coefficient (Wildman–Crippen LogP) is 5.50. The summed E-state index contributed by atoms with van der Waals surface area (Å²) in [7, 11) is 0. The van der Waals surface area contributed by atoms with Crippen LogP contribution in [0.1, 0.15) is 41.7 Å². The first kappa shape index (κ1) is 30.5. The molecular weight excluding hydrogens is 549 g/mol. The topological polar surface area (TPSA) is 135 Å². The number of hydrogen-bond donors (Lipinski definition) is 4. The van der Waals surface area contributed by atoms with Crippen molar-refractivity contribution in [3.63, 3.8) is 0 Å². The number of nitrogens with zero attached hydrogens (tertiary/aromatic N) is 3. The third-order valence-electron chi connectivity index (χ3n) is 6.64. The number of carbonyl (C=O) groups is 1. The quantitative estimate of drug-likeness (QED) is 0.0976. The van der Waals surface area contributed by atoms with Crippen LogP contribution >= 0.6 is 24.8 Å². The summed E-state index contributed by atoms with van der Waals surface area (Å²) in [6.07, 6.45) is 0.808. The number of rotatable bonds is 10. The van der Waals surface area contributed by atoms with E-state index in [4.69, 9.17) is 25.8 Å². The van der Waals surface area contributed by atoms with Gasteiger partial charge in [-0.3, -0.25) is 10.2 Å². The third-order valence-corrected chi connectivity index (χ3v) is 6.64. The Kier molecular flexibility index (Phi) is 10.1. The number of halogens is 2. The summed E-state index contributed by atoms with van der Waals surface area (Å²) >= 11 is 0. The van der Waals surface area contributed by atoms with Gasteiger partial charge in [0.1, 0.15) is 17.5 Å². The van der Waals surface area contributed by atoms with Crippen molar-refractivity contribution in [3.8, 4) is 0 Å². The molecule has 0 fully saturated rings. The molecular formula is C29H33Cl2N7O2. The van der Waals surface area contributed by atoms with Gasteiger partial charge in [0.2, 0.25) is 0 Å². The zero-order chi connectivity index (χ0) is 26.6. The zero-order valence-electron chi connectivity index (χ0n) is 22.4. The molecule has 0 radical (unpaired) electrons. The number of nitrogen functional groups attached to an aromatic ring is 1. The van der Waals surface area contributed by atoms with E-state index in [-0.39, 0.29) is 36.6 Å². The number of benzene rings is 3. The van der Waals surface area contributed by atoms with Crippen molar-refractivity contribution in [2.45, 2.75) is 39.8 Å². The van der Waals surface area contributed by atoms with Crippen LogP contribution in [-0.4, -0.2) is 37.9 Å². The van der Waals surface area contributed by atoms with E-state index in [9.17, 15) is 4.79 Å². The number of aryl methyl sites for hydroxylation is 2. The van der Waals surface area contributed by atoms with Crippen molar-refractivity contribution in [2.75, 3.05) is 11.9 Å². The number of hydrogen-bond acceptors (Lipinski definition) is 6. The lowest BCUT2D eigenvalue weighted by Crippen LogP contribution is -2.10. The molecule has 0 atom stereocenters. The van der Waals surface area contributed by atoms with Gasteiger partial charge in [-0.15, -0.1) is 24.8 Å². The number of ether oxygens (including phenoxy) is 1. The van der Waals surface area contributed by atoms with E-state index in [1.54, 1.807) is 0 Å². The lowest BCUT2D eigenvalue weighted by atomic mass is 10.1. The molecule has 40 heavy (non-hydrogen) atoms. The van der Waals surface area contributed by atoms with E-state index < -0.39 is 0 Å². The second-order valence-corrected chi connectivity index (χ2v) is 9.18. The molecule has 0 aliphatic rings. The lowest BCUT2D eigenvalue weighted by Gasteiger charge is -2.12. The SMILES string of the molecule is CCOC(=O)CCc1nc2ccccc2n1Cc1ccc2[nH]c(CNc3ccc(C(=N)N)cc3)nc2c1C.Cl.Cl. The van der Waals surface area contributed by atoms with E-state index in [2.05, 4.69) is 40.0 Å². The summed E-state index contributed by atoms with van der Waals surface area (Å²) in [5.74, 6) is 1.53. The first-order chi connectivity index (χ1) is 18.4. The maximum absolute atomic E-state index is 12.0. The first-order valence-electron chi connectivity index (χ1n) is 12.7. The summed E-state index contributed by atoms with van der Waals surface area (Å²) in [6.45, 7) is 5.45. The maximum Gasteiger partial charge on any atom is 0.306 e. The summed E-state index contributed by atoms with van der Waals surface area (Å²) in [4.78, 5) is 25.1. The highest BCUT2D eigenvalue weighted by molar-refractivity contribution is 5.95. The number of amidine groups is 1. The van der Waals surface area contributed by atoms with Crippen molar-refractivity contribution in [1.29, 1.82) is 5.41 Å². The lowest BCUT2D eigenvalue weighted by molar-refractivity contribution is -0.143. The normalized spacial score (nSPS) is 10.7. The minimum Gasteiger partial charge on any atom is -0.466 e. The number of anilines is 1. The average Bonchev–Trinajstić information content (AvgIpc) is 3.50. The van der Waals surface area contributed by atoms with Crippen LogP contribution in [0, 0.1) is 12.3 Å². The van der Waals surface area contributed by atoms with Crippen molar-refractivity contribution < 1.29 is 9.53 Å². The van der Waals surface area contributed by atoms with Gasteiger partial charge in [-0.25, -0.2) is 9.97 Å². The second kappa shape index (κ2) is 13.3. The fraction of sp³-hybridized carbons (Fsp3) is 0.241. The van der Waals surface area contributed by atoms with Crippen molar-refractivity contribution >= 4 is 64.4 Å². The minimum absolute atomic E-state index is 0. The molecule has 0 saturated heterocycles. The molecule has 3 aromatic carbocycles. The van der Waals surface area contributed by atoms with Crippen LogP contribution in [0.4, 0.5) is 5.69 Å². The summed E-state index contributed by atoms with van der Waals surface area (Å²) < 4.78 is 7.30. The number of imidazole rings is 2. The van der Waals surface area contributed by atoms with Crippen LogP contribution in [0.25, 0.3) is 22.1 Å². The van der Waals surface area contributed by atoms with E-state index >= 15 is 0 Å². The Morgan fingerprint density at radius 1 is 1.07 bits per heavy atom. The predicted molar refractivity (Wildman–Crippen MR) is 164 cm³/mol. The Labute approximate surface area is 244 Å². The zero-order valence-corrected chi connectivity index (χ0v) is 24.0. The number of aromatic nitrogens is 4. The fourth-order valence-corrected chi connectivity index (χ4v) is 4.62. The van der Waals surface area contributed by atoms with Crippen LogP contribution in [0.3, 0.4) is 0 Å². The summed E-state index contributed by atoms with van der Waals surface area (Å²) in [6, 6.07) is 19.7. The van der Waals surface area contributed by atoms with Crippen molar-refractivity contribution in [1.82, 2.24) is 19.5 Å². The maximum atomic E-state index is 12.0. The molecule has 5 rings (SSSR count). The number of para-hydroxylation sites is 2. The molecule has 0 aliphatic carbocycles. The van der Waals surface area contributed by atoms with Crippen LogP contribution in [-0.2, 0) is 29.0 Å². The summed E-state index contributed by atoms with van der Waals surface area (Å²) in [5, 5.41) is 10.9. The minimum atomic E-state index is -0.212. The Bertz CT molecular complexity index is 1630. The molecule has 5 N–H and O–H groups in total. The molecule has 2 heterocycles. The number of fused-ring (bicyclic) bond motifs is 2. The van der Waals surface area contributed by atoms with E-state index in [0.29, 0.717) is 38.1 Å². The molecule has 0 bridgehead atoms. The molecule has 9 nitrogen and oxygen atoms in total. The van der Waals surface area contributed by atoms with Gasteiger partial charge in [0.05, 0.1) is 41.6 Å². The molecule has 2 aromatic heterocycles. The van der Waals surface area contributed by atoms with Gasteiger partial charge in [-0.2, -0.15) is 0 Å². The van der Waals surface area contributed by atoms with Gasteiger partial charge in [0.15, 0.2) is 0 Å². The number of nitrogens with one attached hydrogen (secondary N) is 3. The van der Waals surface area contributed by atoms with E-state index in [1.165, 1.54) is 0 Å². The molecule has 210 valence electrons. The third kappa shape index (κ3) is 6.55. The Morgan fingerprint density at radius 3 is 2.55 bits per heavy atom. The number of esters is 1. The number of aromatic amines is 1. The molecule has 0 saturated carbocycles. The molecule has 11 heteroatoms. The fourth-order valence-electron chi connectivity index (χ4n) is 4.62. The average molecular weight is 583 g/mol. The van der Waals surface area contributed by atoms with Gasteiger partial charge in [0.25, 0.3) is 0 Å². The molecule has 0 unspecified atom stereocenters. The Hall–Kier alpha value is -4.08. The van der Waals surface area contributed by atoms with Crippen molar-refractivity contribution in [3.05, 3.63) is 89.0 Å². The van der Waals surface area contributed by atoms with Gasteiger partial charge in [-0.05, 0) is 67.4 Å². The largest absolute Gasteiger partial charge is 0.466 e. The van der Waals surface area contributed by atoms with Crippen LogP contribution in [0.2, 0.25) is 0 Å². The second-order valence-electron chi connectivity index (χ2n) is 9.18. The number of nitrogens with two attached hydrogens (primary N) is 1. The Balaban J connectivity index is 0.00000220. The molecule has 5 aromatic rings. The smallest absolute Gasteiger partial charge is 0.306 e. The van der Waals surface area contributed by atoms with Crippen LogP contribution in [0.15, 0.2) is 60.7 Å².